The third-order valence-corrected chi connectivity index (χ3v) is 4.61. The van der Waals surface area contributed by atoms with Crippen molar-refractivity contribution in [3.8, 4) is 0 Å². The van der Waals surface area contributed by atoms with Crippen LogP contribution in [0.25, 0.3) is 0 Å². The van der Waals surface area contributed by atoms with Gasteiger partial charge < -0.3 is 15.0 Å². The first-order chi connectivity index (χ1) is 8.78. The molecule has 2 heterocycles. The van der Waals surface area contributed by atoms with E-state index in [1.165, 1.54) is 64.8 Å². The summed E-state index contributed by atoms with van der Waals surface area (Å²) in [6.07, 6.45) is 7.04. The minimum atomic E-state index is 0.523. The molecule has 0 radical (unpaired) electrons. The van der Waals surface area contributed by atoms with Crippen LogP contribution in [0, 0.1) is 5.41 Å². The molecule has 0 amide bonds. The predicted molar refractivity (Wildman–Crippen MR) is 75.9 cm³/mol. The molecule has 0 aliphatic carbocycles. The summed E-state index contributed by atoms with van der Waals surface area (Å²) < 4.78 is 5.73. The molecule has 1 N–H and O–H groups in total. The lowest BCUT2D eigenvalue weighted by molar-refractivity contribution is 0.00450. The number of likely N-dealkylation sites (tertiary alicyclic amines) is 1. The van der Waals surface area contributed by atoms with Crippen molar-refractivity contribution in [2.75, 3.05) is 39.3 Å². The lowest BCUT2D eigenvalue weighted by atomic mass is 9.81. The third-order valence-electron chi connectivity index (χ3n) is 4.61. The number of hydrogen-bond donors (Lipinski definition) is 1. The van der Waals surface area contributed by atoms with E-state index >= 15 is 0 Å². The zero-order chi connectivity index (χ0) is 12.8. The van der Waals surface area contributed by atoms with E-state index in [-0.39, 0.29) is 0 Å². The number of ether oxygens (including phenoxy) is 1. The Morgan fingerprint density at radius 1 is 1.28 bits per heavy atom. The average Bonchev–Trinajstić information content (AvgIpc) is 2.81. The van der Waals surface area contributed by atoms with Crippen LogP contribution in [-0.2, 0) is 4.74 Å². The fourth-order valence-corrected chi connectivity index (χ4v) is 3.70. The molecule has 2 aliphatic heterocycles. The van der Waals surface area contributed by atoms with Crippen molar-refractivity contribution in [1.29, 1.82) is 0 Å². The standard InChI is InChI=1S/C15H30N2O/c1-3-7-15(8-9-16-12-15)13-17-10-5-14(6-11-17)18-4-2/h14,16H,3-13H2,1-2H3. The van der Waals surface area contributed by atoms with Gasteiger partial charge in [-0.3, -0.25) is 0 Å². The van der Waals surface area contributed by atoms with Gasteiger partial charge in [0.25, 0.3) is 0 Å². The van der Waals surface area contributed by atoms with Gasteiger partial charge in [0, 0.05) is 32.8 Å². The van der Waals surface area contributed by atoms with E-state index in [2.05, 4.69) is 24.1 Å². The molecule has 3 nitrogen and oxygen atoms in total. The molecular weight excluding hydrogens is 224 g/mol. The van der Waals surface area contributed by atoms with Gasteiger partial charge in [0.05, 0.1) is 6.10 Å². The molecule has 2 saturated heterocycles. The van der Waals surface area contributed by atoms with Crippen LogP contribution in [0.4, 0.5) is 0 Å². The summed E-state index contributed by atoms with van der Waals surface area (Å²) in [6.45, 7) is 11.5. The largest absolute Gasteiger partial charge is 0.378 e. The summed E-state index contributed by atoms with van der Waals surface area (Å²) in [5.74, 6) is 0. The Bertz CT molecular complexity index is 231. The summed E-state index contributed by atoms with van der Waals surface area (Å²) in [6, 6.07) is 0. The molecule has 1 atom stereocenters. The third kappa shape index (κ3) is 3.69. The maximum atomic E-state index is 5.73. The Hall–Kier alpha value is -0.120. The van der Waals surface area contributed by atoms with Crippen molar-refractivity contribution >= 4 is 0 Å². The topological polar surface area (TPSA) is 24.5 Å². The van der Waals surface area contributed by atoms with Crippen LogP contribution < -0.4 is 5.32 Å². The monoisotopic (exact) mass is 254 g/mol. The molecule has 1 unspecified atom stereocenters. The number of rotatable bonds is 6. The van der Waals surface area contributed by atoms with E-state index in [9.17, 15) is 0 Å². The molecule has 106 valence electrons. The van der Waals surface area contributed by atoms with Crippen molar-refractivity contribution in [2.24, 2.45) is 5.41 Å². The van der Waals surface area contributed by atoms with Gasteiger partial charge in [-0.2, -0.15) is 0 Å². The molecule has 0 saturated carbocycles. The van der Waals surface area contributed by atoms with Gasteiger partial charge in [-0.1, -0.05) is 13.3 Å². The van der Waals surface area contributed by atoms with Crippen molar-refractivity contribution in [3.05, 3.63) is 0 Å². The van der Waals surface area contributed by atoms with Crippen LogP contribution in [0.1, 0.15) is 46.0 Å². The summed E-state index contributed by atoms with van der Waals surface area (Å²) >= 11 is 0. The Morgan fingerprint density at radius 3 is 2.61 bits per heavy atom. The van der Waals surface area contributed by atoms with Gasteiger partial charge in [-0.15, -0.1) is 0 Å². The molecule has 2 rings (SSSR count). The maximum absolute atomic E-state index is 5.73. The Kier molecular flexibility index (Phi) is 5.46. The van der Waals surface area contributed by atoms with Gasteiger partial charge in [0.2, 0.25) is 0 Å². The fourth-order valence-electron chi connectivity index (χ4n) is 3.70. The van der Waals surface area contributed by atoms with Crippen molar-refractivity contribution in [1.82, 2.24) is 10.2 Å². The number of nitrogens with zero attached hydrogens (tertiary/aromatic N) is 1. The van der Waals surface area contributed by atoms with Gasteiger partial charge in [-0.25, -0.2) is 0 Å². The lowest BCUT2D eigenvalue weighted by Gasteiger charge is -2.38. The summed E-state index contributed by atoms with van der Waals surface area (Å²) in [7, 11) is 0. The highest BCUT2D eigenvalue weighted by Crippen LogP contribution is 2.33. The van der Waals surface area contributed by atoms with Crippen molar-refractivity contribution in [3.63, 3.8) is 0 Å². The molecule has 2 fully saturated rings. The maximum Gasteiger partial charge on any atom is 0.0599 e. The minimum absolute atomic E-state index is 0.523. The molecule has 0 aromatic heterocycles. The highest BCUT2D eigenvalue weighted by molar-refractivity contribution is 4.91. The lowest BCUT2D eigenvalue weighted by Crippen LogP contribution is -2.44. The van der Waals surface area contributed by atoms with E-state index in [1.54, 1.807) is 0 Å². The van der Waals surface area contributed by atoms with Gasteiger partial charge in [0.15, 0.2) is 0 Å². The first-order valence-corrected chi connectivity index (χ1v) is 7.83. The number of hydrogen-bond acceptors (Lipinski definition) is 3. The van der Waals surface area contributed by atoms with Gasteiger partial charge in [0.1, 0.15) is 0 Å². The quantitative estimate of drug-likeness (QED) is 0.787. The second kappa shape index (κ2) is 6.88. The zero-order valence-corrected chi connectivity index (χ0v) is 12.2. The van der Waals surface area contributed by atoms with Crippen LogP contribution in [0.15, 0.2) is 0 Å². The Labute approximate surface area is 112 Å². The minimum Gasteiger partial charge on any atom is -0.378 e. The summed E-state index contributed by atoms with van der Waals surface area (Å²) in [5, 5.41) is 3.57. The average molecular weight is 254 g/mol. The van der Waals surface area contributed by atoms with E-state index < -0.39 is 0 Å². The van der Waals surface area contributed by atoms with Crippen molar-refractivity contribution in [2.45, 2.75) is 52.1 Å². The van der Waals surface area contributed by atoms with Crippen LogP contribution in [0.2, 0.25) is 0 Å². The Morgan fingerprint density at radius 2 is 2.06 bits per heavy atom. The second-order valence-corrected chi connectivity index (χ2v) is 6.11. The molecule has 0 aromatic carbocycles. The highest BCUT2D eigenvalue weighted by Gasteiger charge is 2.35. The van der Waals surface area contributed by atoms with Crippen molar-refractivity contribution < 1.29 is 4.74 Å². The molecule has 3 heteroatoms. The predicted octanol–water partition coefficient (Wildman–Crippen LogP) is 2.27. The molecule has 18 heavy (non-hydrogen) atoms. The van der Waals surface area contributed by atoms with E-state index in [4.69, 9.17) is 4.74 Å². The van der Waals surface area contributed by atoms with Crippen LogP contribution >= 0.6 is 0 Å². The first-order valence-electron chi connectivity index (χ1n) is 7.83. The Balaban J connectivity index is 1.79. The summed E-state index contributed by atoms with van der Waals surface area (Å²) in [4.78, 5) is 2.68. The molecule has 2 aliphatic rings. The molecule has 0 spiro atoms. The van der Waals surface area contributed by atoms with Crippen LogP contribution in [-0.4, -0.2) is 50.3 Å². The van der Waals surface area contributed by atoms with Crippen LogP contribution in [0.3, 0.4) is 0 Å². The van der Waals surface area contributed by atoms with Crippen LogP contribution in [0.5, 0.6) is 0 Å². The van der Waals surface area contributed by atoms with E-state index in [0.717, 1.165) is 6.61 Å². The summed E-state index contributed by atoms with van der Waals surface area (Å²) in [5.41, 5.74) is 0.563. The zero-order valence-electron chi connectivity index (χ0n) is 12.2. The SMILES string of the molecule is CCCC1(CN2CCC(OCC)CC2)CCNC1. The fraction of sp³-hybridized carbons (Fsp3) is 1.00. The van der Waals surface area contributed by atoms with E-state index in [0.29, 0.717) is 11.5 Å². The molecular formula is C15H30N2O. The second-order valence-electron chi connectivity index (χ2n) is 6.11. The van der Waals surface area contributed by atoms with E-state index in [1.807, 2.05) is 0 Å². The molecule has 0 aromatic rings. The molecule has 0 bridgehead atoms. The first kappa shape index (κ1) is 14.3. The smallest absolute Gasteiger partial charge is 0.0599 e. The normalized spacial score (nSPS) is 31.0. The van der Waals surface area contributed by atoms with Gasteiger partial charge >= 0.3 is 0 Å². The van der Waals surface area contributed by atoms with Gasteiger partial charge in [-0.05, 0) is 44.6 Å². The number of piperidine rings is 1. The highest BCUT2D eigenvalue weighted by atomic mass is 16.5. The number of nitrogens with one attached hydrogen (secondary N) is 1.